The van der Waals surface area contributed by atoms with Gasteiger partial charge in [0.2, 0.25) is 0 Å². The quantitative estimate of drug-likeness (QED) is 0.835. The third kappa shape index (κ3) is 3.98. The number of hydrogen-bond acceptors (Lipinski definition) is 2. The van der Waals surface area contributed by atoms with E-state index in [4.69, 9.17) is 0 Å². The fraction of sp³-hybridized carbons (Fsp3) is 0.625. The molecule has 0 saturated heterocycles. The molecule has 2 nitrogen and oxygen atoms in total. The third-order valence-electron chi connectivity index (χ3n) is 3.90. The second-order valence-electron chi connectivity index (χ2n) is 6.39. The van der Waals surface area contributed by atoms with Gasteiger partial charge in [0, 0.05) is 6.04 Å². The number of nitrogens with one attached hydrogen (secondary N) is 1. The summed E-state index contributed by atoms with van der Waals surface area (Å²) in [5.74, 6) is 1.29. The molecule has 106 valence electrons. The highest BCUT2D eigenvalue weighted by Crippen LogP contribution is 2.37. The van der Waals surface area contributed by atoms with Crippen molar-refractivity contribution in [2.45, 2.75) is 50.8 Å². The molecule has 0 bridgehead atoms. The van der Waals surface area contributed by atoms with E-state index in [0.29, 0.717) is 17.8 Å². The fourth-order valence-corrected chi connectivity index (χ4v) is 3.14. The van der Waals surface area contributed by atoms with E-state index in [1.807, 2.05) is 20.8 Å². The van der Waals surface area contributed by atoms with Gasteiger partial charge in [-0.05, 0) is 56.3 Å². The summed E-state index contributed by atoms with van der Waals surface area (Å²) in [4.78, 5) is 0. The molecule has 3 heteroatoms. The molecule has 1 aliphatic rings. The van der Waals surface area contributed by atoms with Gasteiger partial charge in [-0.2, -0.15) is 0 Å². The molecule has 1 fully saturated rings. The molecule has 1 aromatic rings. The van der Waals surface area contributed by atoms with Gasteiger partial charge in [0.1, 0.15) is 4.75 Å². The van der Waals surface area contributed by atoms with Crippen molar-refractivity contribution in [3.63, 3.8) is 0 Å². The third-order valence-corrected chi connectivity index (χ3v) is 5.69. The van der Waals surface area contributed by atoms with E-state index in [1.54, 1.807) is 0 Å². The summed E-state index contributed by atoms with van der Waals surface area (Å²) in [5, 5.41) is 3.54. The van der Waals surface area contributed by atoms with Gasteiger partial charge in [0.15, 0.2) is 5.88 Å². The van der Waals surface area contributed by atoms with Crippen LogP contribution in [0.5, 0.6) is 0 Å². The zero-order valence-electron chi connectivity index (χ0n) is 12.2. The van der Waals surface area contributed by atoms with Gasteiger partial charge < -0.3 is 4.55 Å². The van der Waals surface area contributed by atoms with Crippen molar-refractivity contribution in [2.75, 3.05) is 5.88 Å². The van der Waals surface area contributed by atoms with E-state index in [2.05, 4.69) is 35.6 Å². The van der Waals surface area contributed by atoms with Crippen molar-refractivity contribution in [1.29, 1.82) is 0 Å². The van der Waals surface area contributed by atoms with Gasteiger partial charge in [0.05, 0.1) is 0 Å². The Morgan fingerprint density at radius 1 is 1.26 bits per heavy atom. The summed E-state index contributed by atoms with van der Waals surface area (Å²) in [7, 11) is 0. The first-order valence-electron chi connectivity index (χ1n) is 7.15. The number of benzene rings is 1. The highest BCUT2D eigenvalue weighted by Gasteiger charge is 2.31. The molecule has 0 radical (unpaired) electrons. The summed E-state index contributed by atoms with van der Waals surface area (Å²) in [5.41, 5.74) is 1.33. The molecule has 0 amide bonds. The van der Waals surface area contributed by atoms with Crippen LogP contribution in [0.1, 0.15) is 51.6 Å². The average molecular weight is 279 g/mol. The monoisotopic (exact) mass is 279 g/mol. The maximum absolute atomic E-state index is 12.2. The minimum absolute atomic E-state index is 0.145. The van der Waals surface area contributed by atoms with Gasteiger partial charge in [-0.15, -0.1) is 0 Å². The first kappa shape index (κ1) is 14.9. The van der Waals surface area contributed by atoms with E-state index in [0.717, 1.165) is 0 Å². The molecule has 0 aliphatic heterocycles. The zero-order valence-corrected chi connectivity index (χ0v) is 13.0. The predicted molar refractivity (Wildman–Crippen MR) is 82.4 cm³/mol. The highest BCUT2D eigenvalue weighted by molar-refractivity contribution is 7.92. The lowest BCUT2D eigenvalue weighted by molar-refractivity contribution is 0.236. The summed E-state index contributed by atoms with van der Waals surface area (Å²) in [6, 6.07) is 10.9. The standard InChI is InChI=1S/C16H25NOS/c1-16(2,3)19(18)12-17-15(14-10-7-11-14)13-8-5-4-6-9-13/h4-6,8-9,14-15,17H,7,10-12H2,1-3H3/t15-,19-/m1/s1. The van der Waals surface area contributed by atoms with Gasteiger partial charge >= 0.3 is 0 Å². The summed E-state index contributed by atoms with van der Waals surface area (Å²) < 4.78 is 12.0. The van der Waals surface area contributed by atoms with Crippen LogP contribution < -0.4 is 5.32 Å². The van der Waals surface area contributed by atoms with Crippen LogP contribution in [0.3, 0.4) is 0 Å². The van der Waals surface area contributed by atoms with Crippen LogP contribution in [-0.4, -0.2) is 15.2 Å². The molecular formula is C16H25NOS. The molecule has 1 aromatic carbocycles. The van der Waals surface area contributed by atoms with Crippen LogP contribution in [0.25, 0.3) is 0 Å². The highest BCUT2D eigenvalue weighted by atomic mass is 32.2. The van der Waals surface area contributed by atoms with Crippen LogP contribution in [0.4, 0.5) is 0 Å². The summed E-state index contributed by atoms with van der Waals surface area (Å²) >= 11 is -0.837. The Bertz CT molecular complexity index is 383. The molecule has 19 heavy (non-hydrogen) atoms. The molecule has 2 atom stereocenters. The fourth-order valence-electron chi connectivity index (χ4n) is 2.37. The van der Waals surface area contributed by atoms with E-state index in [9.17, 15) is 4.55 Å². The Kier molecular flexibility index (Phi) is 4.93. The first-order chi connectivity index (χ1) is 8.98. The number of rotatable bonds is 5. The van der Waals surface area contributed by atoms with Crippen molar-refractivity contribution < 1.29 is 4.55 Å². The van der Waals surface area contributed by atoms with E-state index in [-0.39, 0.29) is 4.75 Å². The zero-order chi connectivity index (χ0) is 13.9. The van der Waals surface area contributed by atoms with Gasteiger partial charge in [-0.1, -0.05) is 36.8 Å². The van der Waals surface area contributed by atoms with Crippen LogP contribution >= 0.6 is 0 Å². The van der Waals surface area contributed by atoms with Crippen LogP contribution in [0, 0.1) is 5.92 Å². The normalized spacial score (nSPS) is 19.8. The lowest BCUT2D eigenvalue weighted by Gasteiger charge is -2.36. The molecule has 1 saturated carbocycles. The molecule has 1 aliphatic carbocycles. The maximum Gasteiger partial charge on any atom is 0.158 e. The average Bonchev–Trinajstić information content (AvgIpc) is 2.31. The lowest BCUT2D eigenvalue weighted by Crippen LogP contribution is -2.40. The van der Waals surface area contributed by atoms with E-state index < -0.39 is 11.2 Å². The Labute approximate surface area is 120 Å². The summed E-state index contributed by atoms with van der Waals surface area (Å²) in [6.07, 6.45) is 3.90. The first-order valence-corrected chi connectivity index (χ1v) is 8.47. The number of hydrogen-bond donors (Lipinski definition) is 1. The SMILES string of the molecule is CC(C)(C)[S@+]([O-])CN[C@H](c1ccccc1)C1CCC1. The largest absolute Gasteiger partial charge is 0.615 e. The topological polar surface area (TPSA) is 35.1 Å². The smallest absolute Gasteiger partial charge is 0.158 e. The molecular weight excluding hydrogens is 254 g/mol. The Morgan fingerprint density at radius 3 is 2.37 bits per heavy atom. The van der Waals surface area contributed by atoms with Gasteiger partial charge in [0.25, 0.3) is 0 Å². The van der Waals surface area contributed by atoms with Crippen molar-refractivity contribution in [2.24, 2.45) is 5.92 Å². The Hall–Kier alpha value is -0.510. The minimum atomic E-state index is -0.837. The molecule has 1 N–H and O–H groups in total. The van der Waals surface area contributed by atoms with Crippen molar-refractivity contribution in [3.05, 3.63) is 35.9 Å². The van der Waals surface area contributed by atoms with Gasteiger partial charge in [-0.25, -0.2) is 0 Å². The molecule has 0 unspecified atom stereocenters. The lowest BCUT2D eigenvalue weighted by atomic mass is 9.77. The van der Waals surface area contributed by atoms with Crippen LogP contribution in [0.15, 0.2) is 30.3 Å². The summed E-state index contributed by atoms with van der Waals surface area (Å²) in [6.45, 7) is 6.10. The maximum atomic E-state index is 12.2. The second-order valence-corrected chi connectivity index (χ2v) is 8.59. The second kappa shape index (κ2) is 6.29. The Morgan fingerprint density at radius 2 is 1.89 bits per heavy atom. The van der Waals surface area contributed by atoms with Gasteiger partial charge in [-0.3, -0.25) is 5.32 Å². The van der Waals surface area contributed by atoms with Crippen molar-refractivity contribution >= 4 is 11.2 Å². The van der Waals surface area contributed by atoms with E-state index >= 15 is 0 Å². The predicted octanol–water partition coefficient (Wildman–Crippen LogP) is 3.62. The molecule has 0 aromatic heterocycles. The van der Waals surface area contributed by atoms with E-state index in [1.165, 1.54) is 24.8 Å². The van der Waals surface area contributed by atoms with Crippen molar-refractivity contribution in [1.82, 2.24) is 5.32 Å². The molecule has 0 heterocycles. The Balaban J connectivity index is 1.99. The molecule has 0 spiro atoms. The minimum Gasteiger partial charge on any atom is -0.615 e. The van der Waals surface area contributed by atoms with Crippen molar-refractivity contribution in [3.8, 4) is 0 Å². The molecule has 2 rings (SSSR count). The van der Waals surface area contributed by atoms with Crippen LogP contribution in [-0.2, 0) is 11.2 Å². The van der Waals surface area contributed by atoms with Crippen LogP contribution in [0.2, 0.25) is 0 Å².